The second kappa shape index (κ2) is 8.78. The van der Waals surface area contributed by atoms with Crippen LogP contribution in [0.1, 0.15) is 24.4 Å². The van der Waals surface area contributed by atoms with E-state index in [1.807, 2.05) is 0 Å². The summed E-state index contributed by atoms with van der Waals surface area (Å²) in [5, 5.41) is 2.59. The Balaban J connectivity index is 1.44. The number of furan rings is 1. The number of carbonyl (C=O) groups is 2. The number of carbonyl (C=O) groups excluding carboxylic acids is 2. The smallest absolute Gasteiger partial charge is 0.309 e. The molecular weight excluding hydrogens is 400 g/mol. The number of sulfonamides is 1. The normalized spacial score (nSPS) is 15.9. The molecule has 0 bridgehead atoms. The van der Waals surface area contributed by atoms with Crippen molar-refractivity contribution in [2.75, 3.05) is 19.7 Å². The molecule has 0 saturated carbocycles. The molecule has 1 N–H and O–H groups in total. The number of nitrogens with one attached hydrogen (secondary N) is 1. The predicted molar refractivity (Wildman–Crippen MR) is 101 cm³/mol. The fraction of sp³-hybridized carbons (Fsp3) is 0.500. The van der Waals surface area contributed by atoms with Gasteiger partial charge in [-0.05, 0) is 31.9 Å². The molecule has 0 radical (unpaired) electrons. The summed E-state index contributed by atoms with van der Waals surface area (Å²) in [5.74, 6) is -0.164. The monoisotopic (exact) mass is 424 g/mol. The van der Waals surface area contributed by atoms with Gasteiger partial charge in [0, 0.05) is 26.3 Å². The quantitative estimate of drug-likeness (QED) is 0.645. The summed E-state index contributed by atoms with van der Waals surface area (Å²) < 4.78 is 38.5. The van der Waals surface area contributed by atoms with Crippen LogP contribution in [-0.2, 0) is 37.9 Å². The molecule has 1 saturated heterocycles. The standard InChI is InChI=1S/C18H24N4O6S/c1-13-20-17(11-21(13)2)29(25,26)22-7-5-14(6-8-22)18(24)28-12-16(23)19-10-15-4-3-9-27-15/h3-4,9,11,14H,5-8,10,12H2,1-2H3,(H,19,23). The van der Waals surface area contributed by atoms with Gasteiger partial charge in [0.1, 0.15) is 11.6 Å². The lowest BCUT2D eigenvalue weighted by Crippen LogP contribution is -2.41. The summed E-state index contributed by atoms with van der Waals surface area (Å²) in [6, 6.07) is 3.43. The van der Waals surface area contributed by atoms with Crippen LogP contribution in [0.15, 0.2) is 34.0 Å². The van der Waals surface area contributed by atoms with Crippen molar-refractivity contribution in [2.45, 2.75) is 31.3 Å². The molecule has 1 aliphatic rings. The average molecular weight is 424 g/mol. The van der Waals surface area contributed by atoms with E-state index in [1.165, 1.54) is 16.8 Å². The number of hydrogen-bond donors (Lipinski definition) is 1. The Kier molecular flexibility index (Phi) is 6.38. The number of ether oxygens (including phenoxy) is 1. The van der Waals surface area contributed by atoms with Gasteiger partial charge in [0.25, 0.3) is 15.9 Å². The van der Waals surface area contributed by atoms with Gasteiger partial charge in [-0.2, -0.15) is 4.31 Å². The number of aromatic nitrogens is 2. The van der Waals surface area contributed by atoms with Crippen LogP contribution in [0.2, 0.25) is 0 Å². The van der Waals surface area contributed by atoms with E-state index < -0.39 is 27.8 Å². The van der Waals surface area contributed by atoms with Gasteiger partial charge in [-0.3, -0.25) is 9.59 Å². The number of rotatable bonds is 7. The average Bonchev–Trinajstić information content (AvgIpc) is 3.35. The first kappa shape index (κ1) is 21.1. The van der Waals surface area contributed by atoms with E-state index in [4.69, 9.17) is 9.15 Å². The Morgan fingerprint density at radius 1 is 1.34 bits per heavy atom. The van der Waals surface area contributed by atoms with Crippen LogP contribution < -0.4 is 5.32 Å². The lowest BCUT2D eigenvalue weighted by Gasteiger charge is -2.29. The van der Waals surface area contributed by atoms with E-state index in [1.54, 1.807) is 30.7 Å². The molecule has 1 fully saturated rings. The van der Waals surface area contributed by atoms with Crippen LogP contribution in [0.25, 0.3) is 0 Å². The predicted octanol–water partition coefficient (Wildman–Crippen LogP) is 0.582. The van der Waals surface area contributed by atoms with Crippen LogP contribution >= 0.6 is 0 Å². The van der Waals surface area contributed by atoms with Crippen molar-refractivity contribution in [3.63, 3.8) is 0 Å². The number of amides is 1. The highest BCUT2D eigenvalue weighted by atomic mass is 32.2. The topological polar surface area (TPSA) is 124 Å². The second-order valence-electron chi connectivity index (χ2n) is 6.88. The molecule has 10 nitrogen and oxygen atoms in total. The highest BCUT2D eigenvalue weighted by Gasteiger charge is 2.34. The highest BCUT2D eigenvalue weighted by molar-refractivity contribution is 7.89. The maximum absolute atomic E-state index is 12.7. The minimum absolute atomic E-state index is 0.00625. The van der Waals surface area contributed by atoms with E-state index in [9.17, 15) is 18.0 Å². The zero-order valence-corrected chi connectivity index (χ0v) is 17.1. The fourth-order valence-corrected chi connectivity index (χ4v) is 4.51. The lowest BCUT2D eigenvalue weighted by molar-refractivity contribution is -0.153. The summed E-state index contributed by atoms with van der Waals surface area (Å²) in [6.07, 6.45) is 3.64. The van der Waals surface area contributed by atoms with Crippen LogP contribution in [-0.4, -0.2) is 53.8 Å². The number of hydrogen-bond acceptors (Lipinski definition) is 7. The highest BCUT2D eigenvalue weighted by Crippen LogP contribution is 2.24. The molecule has 1 amide bonds. The minimum Gasteiger partial charge on any atom is -0.467 e. The SMILES string of the molecule is Cc1nc(S(=O)(=O)N2CCC(C(=O)OCC(=O)NCc3ccco3)CC2)cn1C. The van der Waals surface area contributed by atoms with Crippen LogP contribution in [0.5, 0.6) is 0 Å². The number of imidazole rings is 1. The van der Waals surface area contributed by atoms with Gasteiger partial charge in [-0.25, -0.2) is 13.4 Å². The first-order chi connectivity index (χ1) is 13.8. The minimum atomic E-state index is -3.69. The Morgan fingerprint density at radius 3 is 2.66 bits per heavy atom. The van der Waals surface area contributed by atoms with Crippen molar-refractivity contribution < 1.29 is 27.2 Å². The Hall–Kier alpha value is -2.66. The van der Waals surface area contributed by atoms with E-state index in [2.05, 4.69) is 10.3 Å². The van der Waals surface area contributed by atoms with Gasteiger partial charge in [0.15, 0.2) is 11.6 Å². The number of nitrogens with zero attached hydrogens (tertiary/aromatic N) is 3. The molecular formula is C18H24N4O6S. The second-order valence-corrected chi connectivity index (χ2v) is 8.76. The number of aryl methyl sites for hydroxylation is 2. The Morgan fingerprint density at radius 2 is 2.07 bits per heavy atom. The van der Waals surface area contributed by atoms with E-state index in [-0.39, 0.29) is 31.3 Å². The van der Waals surface area contributed by atoms with Crippen molar-refractivity contribution >= 4 is 21.9 Å². The van der Waals surface area contributed by atoms with Gasteiger partial charge in [0.2, 0.25) is 0 Å². The maximum Gasteiger partial charge on any atom is 0.309 e. The molecule has 158 valence electrons. The lowest BCUT2D eigenvalue weighted by atomic mass is 9.98. The molecule has 29 heavy (non-hydrogen) atoms. The van der Waals surface area contributed by atoms with Crippen molar-refractivity contribution in [2.24, 2.45) is 13.0 Å². The van der Waals surface area contributed by atoms with Crippen molar-refractivity contribution in [1.82, 2.24) is 19.2 Å². The Bertz CT molecular complexity index is 939. The molecule has 2 aromatic heterocycles. The molecule has 0 aliphatic carbocycles. The zero-order chi connectivity index (χ0) is 21.0. The summed E-state index contributed by atoms with van der Waals surface area (Å²) >= 11 is 0. The third kappa shape index (κ3) is 5.04. The van der Waals surface area contributed by atoms with Gasteiger partial charge in [-0.15, -0.1) is 0 Å². The number of esters is 1. The molecule has 3 heterocycles. The summed E-state index contributed by atoms with van der Waals surface area (Å²) in [4.78, 5) is 28.1. The van der Waals surface area contributed by atoms with Gasteiger partial charge in [-0.1, -0.05) is 0 Å². The molecule has 0 atom stereocenters. The molecule has 0 unspecified atom stereocenters. The van der Waals surface area contributed by atoms with E-state index in [0.29, 0.717) is 24.4 Å². The first-order valence-electron chi connectivity index (χ1n) is 9.23. The molecule has 2 aromatic rings. The largest absolute Gasteiger partial charge is 0.467 e. The van der Waals surface area contributed by atoms with E-state index >= 15 is 0 Å². The molecule has 1 aliphatic heterocycles. The van der Waals surface area contributed by atoms with Gasteiger partial charge < -0.3 is 19.0 Å². The summed E-state index contributed by atoms with van der Waals surface area (Å²) in [5.41, 5.74) is 0. The molecule has 3 rings (SSSR count). The van der Waals surface area contributed by atoms with Gasteiger partial charge >= 0.3 is 5.97 Å². The van der Waals surface area contributed by atoms with Crippen LogP contribution in [0.4, 0.5) is 0 Å². The van der Waals surface area contributed by atoms with E-state index in [0.717, 1.165) is 0 Å². The van der Waals surface area contributed by atoms with Gasteiger partial charge in [0.05, 0.1) is 18.7 Å². The summed E-state index contributed by atoms with van der Waals surface area (Å²) in [6.45, 7) is 1.95. The third-order valence-corrected chi connectivity index (χ3v) is 6.63. The van der Waals surface area contributed by atoms with Crippen molar-refractivity contribution in [1.29, 1.82) is 0 Å². The molecule has 11 heteroatoms. The molecule has 0 aromatic carbocycles. The van der Waals surface area contributed by atoms with Crippen molar-refractivity contribution in [3.8, 4) is 0 Å². The third-order valence-electron chi connectivity index (χ3n) is 4.86. The Labute approximate surface area is 168 Å². The first-order valence-corrected chi connectivity index (χ1v) is 10.7. The summed E-state index contributed by atoms with van der Waals surface area (Å²) in [7, 11) is -1.96. The van der Waals surface area contributed by atoms with Crippen LogP contribution in [0, 0.1) is 12.8 Å². The molecule has 0 spiro atoms. The fourth-order valence-electron chi connectivity index (χ4n) is 3.02. The van der Waals surface area contributed by atoms with Crippen LogP contribution in [0.3, 0.4) is 0 Å². The van der Waals surface area contributed by atoms with Crippen molar-refractivity contribution in [3.05, 3.63) is 36.2 Å². The maximum atomic E-state index is 12.7. The zero-order valence-electron chi connectivity index (χ0n) is 16.3. The number of piperidine rings is 1.